The Kier molecular flexibility index (Phi) is 5.50. The molecule has 1 aromatic carbocycles. The van der Waals surface area contributed by atoms with Crippen molar-refractivity contribution in [2.75, 3.05) is 6.54 Å². The number of carbonyl (C=O) groups is 1. The monoisotopic (exact) mass is 225 g/mol. The lowest BCUT2D eigenvalue weighted by atomic mass is 10.2. The van der Waals surface area contributed by atoms with E-state index >= 15 is 0 Å². The summed E-state index contributed by atoms with van der Waals surface area (Å²) in [7, 11) is 0. The largest absolute Gasteiger partial charge is 0.481 e. The van der Waals surface area contributed by atoms with Gasteiger partial charge in [-0.2, -0.15) is 0 Å². The first kappa shape index (κ1) is 12.6. The highest BCUT2D eigenvalue weighted by Gasteiger charge is 1.96. The molecule has 0 atom stereocenters. The molecule has 0 aliphatic carbocycles. The second-order valence-corrected chi connectivity index (χ2v) is 3.65. The minimum Gasteiger partial charge on any atom is -0.481 e. The maximum atomic E-state index is 12.6. The van der Waals surface area contributed by atoms with Gasteiger partial charge in [0.25, 0.3) is 0 Å². The maximum absolute atomic E-state index is 12.6. The number of benzene rings is 1. The fourth-order valence-electron chi connectivity index (χ4n) is 1.36. The Morgan fingerprint density at radius 3 is 2.56 bits per heavy atom. The SMILES string of the molecule is O=C(O)CCCCNCc1ccc(F)cc1. The fourth-order valence-corrected chi connectivity index (χ4v) is 1.36. The molecule has 0 spiro atoms. The van der Waals surface area contributed by atoms with Crippen LogP contribution in [0.15, 0.2) is 24.3 Å². The first-order valence-electron chi connectivity index (χ1n) is 5.35. The van der Waals surface area contributed by atoms with Gasteiger partial charge in [-0.15, -0.1) is 0 Å². The van der Waals surface area contributed by atoms with E-state index in [-0.39, 0.29) is 12.2 Å². The Bertz CT molecular complexity index is 324. The number of halogens is 1. The fraction of sp³-hybridized carbons (Fsp3) is 0.417. The van der Waals surface area contributed by atoms with Crippen LogP contribution in [0.2, 0.25) is 0 Å². The molecule has 0 aromatic heterocycles. The Hall–Kier alpha value is -1.42. The minimum atomic E-state index is -0.751. The Balaban J connectivity index is 2.07. The second-order valence-electron chi connectivity index (χ2n) is 3.65. The first-order chi connectivity index (χ1) is 7.68. The van der Waals surface area contributed by atoms with Gasteiger partial charge in [-0.05, 0) is 37.1 Å². The highest BCUT2D eigenvalue weighted by Crippen LogP contribution is 2.02. The molecule has 0 aliphatic rings. The summed E-state index contributed by atoms with van der Waals surface area (Å²) in [6.07, 6.45) is 1.75. The van der Waals surface area contributed by atoms with Crippen molar-refractivity contribution in [2.45, 2.75) is 25.8 Å². The van der Waals surface area contributed by atoms with Gasteiger partial charge >= 0.3 is 5.97 Å². The molecule has 0 radical (unpaired) electrons. The van der Waals surface area contributed by atoms with Crippen LogP contribution in [-0.4, -0.2) is 17.6 Å². The summed E-state index contributed by atoms with van der Waals surface area (Å²) in [4.78, 5) is 10.2. The quantitative estimate of drug-likeness (QED) is 0.699. The van der Waals surface area contributed by atoms with Crippen molar-refractivity contribution in [3.63, 3.8) is 0 Å². The Labute approximate surface area is 94.3 Å². The number of hydrogen-bond acceptors (Lipinski definition) is 2. The molecule has 0 aliphatic heterocycles. The maximum Gasteiger partial charge on any atom is 0.303 e. The lowest BCUT2D eigenvalue weighted by Gasteiger charge is -2.04. The van der Waals surface area contributed by atoms with Crippen LogP contribution in [-0.2, 0) is 11.3 Å². The molecule has 16 heavy (non-hydrogen) atoms. The summed E-state index contributed by atoms with van der Waals surface area (Å²) in [5.41, 5.74) is 1.03. The van der Waals surface area contributed by atoms with E-state index in [1.165, 1.54) is 12.1 Å². The molecule has 2 N–H and O–H groups in total. The molecule has 0 unspecified atom stereocenters. The van der Waals surface area contributed by atoms with Crippen molar-refractivity contribution < 1.29 is 14.3 Å². The van der Waals surface area contributed by atoms with Crippen LogP contribution in [0.3, 0.4) is 0 Å². The summed E-state index contributed by atoms with van der Waals surface area (Å²) in [6, 6.07) is 6.34. The minimum absolute atomic E-state index is 0.220. The third-order valence-electron chi connectivity index (χ3n) is 2.24. The third-order valence-corrected chi connectivity index (χ3v) is 2.24. The molecule has 3 nitrogen and oxygen atoms in total. The third kappa shape index (κ3) is 5.46. The molecule has 0 fully saturated rings. The number of carboxylic acid groups (broad SMARTS) is 1. The van der Waals surface area contributed by atoms with E-state index in [2.05, 4.69) is 5.32 Å². The summed E-state index contributed by atoms with van der Waals surface area (Å²) in [5, 5.41) is 11.6. The highest BCUT2D eigenvalue weighted by atomic mass is 19.1. The van der Waals surface area contributed by atoms with Crippen LogP contribution in [0.25, 0.3) is 0 Å². The number of nitrogens with one attached hydrogen (secondary N) is 1. The van der Waals surface area contributed by atoms with Crippen molar-refractivity contribution in [1.82, 2.24) is 5.32 Å². The van der Waals surface area contributed by atoms with E-state index in [0.29, 0.717) is 13.0 Å². The van der Waals surface area contributed by atoms with E-state index < -0.39 is 5.97 Å². The lowest BCUT2D eigenvalue weighted by molar-refractivity contribution is -0.137. The lowest BCUT2D eigenvalue weighted by Crippen LogP contribution is -2.14. The molecule has 0 amide bonds. The van der Waals surface area contributed by atoms with Gasteiger partial charge < -0.3 is 10.4 Å². The number of aliphatic carboxylic acids is 1. The van der Waals surface area contributed by atoms with E-state index in [9.17, 15) is 9.18 Å². The summed E-state index contributed by atoms with van der Waals surface area (Å²) >= 11 is 0. The van der Waals surface area contributed by atoms with Gasteiger partial charge in [0.15, 0.2) is 0 Å². The number of unbranched alkanes of at least 4 members (excludes halogenated alkanes) is 1. The van der Waals surface area contributed by atoms with Gasteiger partial charge in [0.05, 0.1) is 0 Å². The van der Waals surface area contributed by atoms with Crippen LogP contribution >= 0.6 is 0 Å². The van der Waals surface area contributed by atoms with E-state index in [1.54, 1.807) is 12.1 Å². The van der Waals surface area contributed by atoms with Crippen molar-refractivity contribution in [2.24, 2.45) is 0 Å². The zero-order valence-electron chi connectivity index (χ0n) is 9.08. The molecule has 0 saturated carbocycles. The van der Waals surface area contributed by atoms with Gasteiger partial charge in [-0.25, -0.2) is 4.39 Å². The van der Waals surface area contributed by atoms with Gasteiger partial charge in [-0.3, -0.25) is 4.79 Å². The van der Waals surface area contributed by atoms with Gasteiger partial charge in [0, 0.05) is 13.0 Å². The molecule has 0 saturated heterocycles. The molecule has 0 heterocycles. The van der Waals surface area contributed by atoms with Crippen LogP contribution < -0.4 is 5.32 Å². The molecular formula is C12H16FNO2. The number of carboxylic acids is 1. The summed E-state index contributed by atoms with van der Waals surface area (Å²) in [6.45, 7) is 1.47. The Morgan fingerprint density at radius 2 is 1.94 bits per heavy atom. The number of hydrogen-bond donors (Lipinski definition) is 2. The first-order valence-corrected chi connectivity index (χ1v) is 5.35. The van der Waals surface area contributed by atoms with Crippen LogP contribution in [0.1, 0.15) is 24.8 Å². The summed E-state index contributed by atoms with van der Waals surface area (Å²) in [5.74, 6) is -0.983. The average Bonchev–Trinajstić information content (AvgIpc) is 2.25. The van der Waals surface area contributed by atoms with Gasteiger partial charge in [0.1, 0.15) is 5.82 Å². The normalized spacial score (nSPS) is 10.3. The molecule has 88 valence electrons. The van der Waals surface area contributed by atoms with Crippen molar-refractivity contribution >= 4 is 5.97 Å². The van der Waals surface area contributed by atoms with Crippen molar-refractivity contribution in [1.29, 1.82) is 0 Å². The molecule has 1 aromatic rings. The summed E-state index contributed by atoms with van der Waals surface area (Å²) < 4.78 is 12.6. The zero-order valence-corrected chi connectivity index (χ0v) is 9.08. The van der Waals surface area contributed by atoms with E-state index in [1.807, 2.05) is 0 Å². The predicted molar refractivity (Wildman–Crippen MR) is 59.6 cm³/mol. The zero-order chi connectivity index (χ0) is 11.8. The van der Waals surface area contributed by atoms with Crippen molar-refractivity contribution in [3.05, 3.63) is 35.6 Å². The van der Waals surface area contributed by atoms with Gasteiger partial charge in [-0.1, -0.05) is 12.1 Å². The smallest absolute Gasteiger partial charge is 0.303 e. The highest BCUT2D eigenvalue weighted by molar-refractivity contribution is 5.66. The van der Waals surface area contributed by atoms with Crippen LogP contribution in [0.5, 0.6) is 0 Å². The van der Waals surface area contributed by atoms with E-state index in [0.717, 1.165) is 18.5 Å². The second kappa shape index (κ2) is 6.95. The molecule has 0 bridgehead atoms. The van der Waals surface area contributed by atoms with Gasteiger partial charge in [0.2, 0.25) is 0 Å². The predicted octanol–water partition coefficient (Wildman–Crippen LogP) is 2.17. The topological polar surface area (TPSA) is 49.3 Å². The number of rotatable bonds is 7. The molecular weight excluding hydrogens is 209 g/mol. The standard InChI is InChI=1S/C12H16FNO2/c13-11-6-4-10(5-7-11)9-14-8-2-1-3-12(15)16/h4-7,14H,1-3,8-9H2,(H,15,16). The van der Waals surface area contributed by atoms with Crippen LogP contribution in [0.4, 0.5) is 4.39 Å². The van der Waals surface area contributed by atoms with Crippen molar-refractivity contribution in [3.8, 4) is 0 Å². The molecule has 1 rings (SSSR count). The average molecular weight is 225 g/mol. The van der Waals surface area contributed by atoms with E-state index in [4.69, 9.17) is 5.11 Å². The Morgan fingerprint density at radius 1 is 1.25 bits per heavy atom. The molecule has 4 heteroatoms. The van der Waals surface area contributed by atoms with Crippen LogP contribution in [0, 0.1) is 5.82 Å².